The van der Waals surface area contributed by atoms with Crippen LogP contribution in [-0.4, -0.2) is 48.0 Å². The Morgan fingerprint density at radius 3 is 2.84 bits per heavy atom. The van der Waals surface area contributed by atoms with E-state index in [9.17, 15) is 13.2 Å². The molecule has 0 aliphatic heterocycles. The zero-order valence-electron chi connectivity index (χ0n) is 10.9. The van der Waals surface area contributed by atoms with Gasteiger partial charge in [-0.15, -0.1) is 5.10 Å². The minimum absolute atomic E-state index is 0.0284. The summed E-state index contributed by atoms with van der Waals surface area (Å²) in [5.41, 5.74) is 0.143. The Labute approximate surface area is 111 Å². The molecule has 1 aromatic heterocycles. The Morgan fingerprint density at radius 1 is 1.47 bits per heavy atom. The van der Waals surface area contributed by atoms with Crippen LogP contribution in [0.25, 0.3) is 0 Å². The Morgan fingerprint density at radius 2 is 2.21 bits per heavy atom. The lowest BCUT2D eigenvalue weighted by molar-refractivity contribution is 0.0594. The predicted octanol–water partition coefficient (Wildman–Crippen LogP) is 0.593. The van der Waals surface area contributed by atoms with Crippen LogP contribution in [0.3, 0.4) is 0 Å². The highest BCUT2D eigenvalue weighted by Gasteiger charge is 2.30. The highest BCUT2D eigenvalue weighted by molar-refractivity contribution is 7.91. The van der Waals surface area contributed by atoms with Crippen LogP contribution in [-0.2, 0) is 14.6 Å². The Kier molecular flexibility index (Phi) is 3.88. The van der Waals surface area contributed by atoms with Crippen molar-refractivity contribution in [3.05, 3.63) is 11.9 Å². The van der Waals surface area contributed by atoms with E-state index in [2.05, 4.69) is 15.0 Å². The van der Waals surface area contributed by atoms with Crippen molar-refractivity contribution in [1.82, 2.24) is 15.0 Å². The molecule has 1 fully saturated rings. The van der Waals surface area contributed by atoms with Gasteiger partial charge < -0.3 is 4.74 Å². The summed E-state index contributed by atoms with van der Waals surface area (Å²) in [6, 6.07) is -0.0284. The zero-order valence-corrected chi connectivity index (χ0v) is 11.8. The monoisotopic (exact) mass is 287 g/mol. The molecular weight excluding hydrogens is 270 g/mol. The van der Waals surface area contributed by atoms with Gasteiger partial charge in [-0.05, 0) is 19.3 Å². The Bertz CT molecular complexity index is 566. The summed E-state index contributed by atoms with van der Waals surface area (Å²) in [6.45, 7) is 0. The number of aromatic nitrogens is 3. The highest BCUT2D eigenvalue weighted by atomic mass is 32.2. The van der Waals surface area contributed by atoms with Gasteiger partial charge in [0.25, 0.3) is 0 Å². The van der Waals surface area contributed by atoms with Gasteiger partial charge in [0, 0.05) is 6.26 Å². The normalized spacial score (nSPS) is 24.1. The van der Waals surface area contributed by atoms with E-state index < -0.39 is 15.8 Å². The molecule has 8 heteroatoms. The number of carbonyl (C=O) groups is 1. The second-order valence-corrected chi connectivity index (χ2v) is 7.17. The largest absolute Gasteiger partial charge is 0.464 e. The molecule has 2 unspecified atom stereocenters. The molecule has 0 radical (unpaired) electrons. The van der Waals surface area contributed by atoms with E-state index in [-0.39, 0.29) is 17.0 Å². The van der Waals surface area contributed by atoms with Crippen LogP contribution in [0.1, 0.15) is 42.2 Å². The number of esters is 1. The van der Waals surface area contributed by atoms with Crippen molar-refractivity contribution < 1.29 is 17.9 Å². The van der Waals surface area contributed by atoms with Gasteiger partial charge in [-0.25, -0.2) is 17.9 Å². The number of hydrogen-bond donors (Lipinski definition) is 0. The van der Waals surface area contributed by atoms with E-state index in [0.29, 0.717) is 12.8 Å². The van der Waals surface area contributed by atoms with E-state index in [1.165, 1.54) is 19.6 Å². The van der Waals surface area contributed by atoms with Gasteiger partial charge in [-0.2, -0.15) is 0 Å². The first kappa shape index (κ1) is 14.0. The number of nitrogens with zero attached hydrogens (tertiary/aromatic N) is 3. The van der Waals surface area contributed by atoms with Crippen molar-refractivity contribution in [2.75, 3.05) is 13.4 Å². The number of carbonyl (C=O) groups excluding carboxylic acids is 1. The fraction of sp³-hybridized carbons (Fsp3) is 0.727. The molecule has 0 amide bonds. The molecule has 1 aliphatic carbocycles. The van der Waals surface area contributed by atoms with E-state index in [1.54, 1.807) is 4.68 Å². The molecule has 2 rings (SSSR count). The van der Waals surface area contributed by atoms with Crippen molar-refractivity contribution >= 4 is 15.8 Å². The highest BCUT2D eigenvalue weighted by Crippen LogP contribution is 2.31. The van der Waals surface area contributed by atoms with Crippen LogP contribution >= 0.6 is 0 Å². The van der Waals surface area contributed by atoms with Crippen LogP contribution in [0.4, 0.5) is 0 Å². The third-order valence-corrected chi connectivity index (χ3v) is 5.12. The first-order valence-corrected chi connectivity index (χ1v) is 8.06. The Balaban J connectivity index is 2.14. The second kappa shape index (κ2) is 5.28. The van der Waals surface area contributed by atoms with Gasteiger partial charge in [0.15, 0.2) is 5.69 Å². The van der Waals surface area contributed by atoms with E-state index in [1.807, 2.05) is 0 Å². The minimum Gasteiger partial charge on any atom is -0.464 e. The maximum atomic E-state index is 11.6. The van der Waals surface area contributed by atoms with Gasteiger partial charge in [0.05, 0.1) is 24.6 Å². The maximum Gasteiger partial charge on any atom is 0.360 e. The lowest BCUT2D eigenvalue weighted by Gasteiger charge is -2.27. The lowest BCUT2D eigenvalue weighted by atomic mass is 9.95. The molecule has 19 heavy (non-hydrogen) atoms. The molecule has 1 saturated carbocycles. The van der Waals surface area contributed by atoms with E-state index in [4.69, 9.17) is 0 Å². The quantitative estimate of drug-likeness (QED) is 0.756. The summed E-state index contributed by atoms with van der Waals surface area (Å²) in [5.74, 6) is -0.540. The second-order valence-electron chi connectivity index (χ2n) is 4.85. The van der Waals surface area contributed by atoms with Crippen LogP contribution in [0.2, 0.25) is 0 Å². The van der Waals surface area contributed by atoms with Gasteiger partial charge in [0.1, 0.15) is 9.84 Å². The van der Waals surface area contributed by atoms with Gasteiger partial charge in [-0.1, -0.05) is 11.6 Å². The molecule has 0 saturated heterocycles. The summed E-state index contributed by atoms with van der Waals surface area (Å²) in [7, 11) is -1.75. The lowest BCUT2D eigenvalue weighted by Crippen LogP contribution is -2.29. The molecular formula is C11H17N3O4S. The third kappa shape index (κ3) is 3.12. The predicted molar refractivity (Wildman–Crippen MR) is 67.5 cm³/mol. The number of ether oxygens (including phenoxy) is 1. The average molecular weight is 287 g/mol. The number of rotatable bonds is 3. The molecule has 106 valence electrons. The third-order valence-electron chi connectivity index (χ3n) is 3.48. The van der Waals surface area contributed by atoms with Gasteiger partial charge in [0.2, 0.25) is 0 Å². The van der Waals surface area contributed by atoms with Crippen LogP contribution in [0, 0.1) is 0 Å². The average Bonchev–Trinajstić information content (AvgIpc) is 2.86. The molecule has 0 aromatic carbocycles. The van der Waals surface area contributed by atoms with E-state index >= 15 is 0 Å². The Hall–Kier alpha value is -1.44. The summed E-state index contributed by atoms with van der Waals surface area (Å²) in [6.07, 6.45) is 5.66. The summed E-state index contributed by atoms with van der Waals surface area (Å²) in [4.78, 5) is 11.3. The maximum absolute atomic E-state index is 11.6. The van der Waals surface area contributed by atoms with Crippen molar-refractivity contribution in [1.29, 1.82) is 0 Å². The molecule has 1 heterocycles. The van der Waals surface area contributed by atoms with Crippen LogP contribution in [0.15, 0.2) is 6.20 Å². The number of hydrogen-bond acceptors (Lipinski definition) is 6. The molecule has 1 aliphatic rings. The molecule has 7 nitrogen and oxygen atoms in total. The van der Waals surface area contributed by atoms with Gasteiger partial charge in [-0.3, -0.25) is 0 Å². The first-order chi connectivity index (χ1) is 8.91. The zero-order chi connectivity index (χ0) is 14.0. The summed E-state index contributed by atoms with van der Waals surface area (Å²) in [5, 5.41) is 7.30. The summed E-state index contributed by atoms with van der Waals surface area (Å²) >= 11 is 0. The van der Waals surface area contributed by atoms with Crippen molar-refractivity contribution in [3.63, 3.8) is 0 Å². The summed E-state index contributed by atoms with van der Waals surface area (Å²) < 4.78 is 29.3. The molecule has 0 spiro atoms. The first-order valence-electron chi connectivity index (χ1n) is 6.11. The number of methoxy groups -OCH3 is 1. The SMILES string of the molecule is COC(=O)c1cn(C2CCCC(S(C)(=O)=O)C2)nn1. The van der Waals surface area contributed by atoms with Gasteiger partial charge >= 0.3 is 5.97 Å². The molecule has 2 atom stereocenters. The minimum atomic E-state index is -3.03. The molecule has 0 N–H and O–H groups in total. The number of sulfone groups is 1. The molecule has 0 bridgehead atoms. The fourth-order valence-corrected chi connectivity index (χ4v) is 3.57. The van der Waals surface area contributed by atoms with Crippen LogP contribution in [0.5, 0.6) is 0 Å². The smallest absolute Gasteiger partial charge is 0.360 e. The molecule has 1 aromatic rings. The van der Waals surface area contributed by atoms with Crippen molar-refractivity contribution in [2.45, 2.75) is 37.0 Å². The van der Waals surface area contributed by atoms with Crippen molar-refractivity contribution in [3.8, 4) is 0 Å². The van der Waals surface area contributed by atoms with Crippen LogP contribution < -0.4 is 0 Å². The standard InChI is InChI=1S/C11H17N3O4S/c1-18-11(15)10-7-14(13-12-10)8-4-3-5-9(6-8)19(2,16)17/h7-9H,3-6H2,1-2H3. The van der Waals surface area contributed by atoms with E-state index in [0.717, 1.165) is 12.8 Å². The fourth-order valence-electron chi connectivity index (χ4n) is 2.40. The van der Waals surface area contributed by atoms with Crippen molar-refractivity contribution in [2.24, 2.45) is 0 Å². The topological polar surface area (TPSA) is 91.2 Å².